The molecule has 0 saturated carbocycles. The van der Waals surface area contributed by atoms with Crippen molar-refractivity contribution in [2.45, 2.75) is 38.4 Å². The van der Waals surface area contributed by atoms with E-state index in [4.69, 9.17) is 4.74 Å². The van der Waals surface area contributed by atoms with Crippen LogP contribution >= 0.6 is 0 Å². The third-order valence-electron chi connectivity index (χ3n) is 2.42. The summed E-state index contributed by atoms with van der Waals surface area (Å²) in [7, 11) is 1.72. The summed E-state index contributed by atoms with van der Waals surface area (Å²) < 4.78 is 5.34. The van der Waals surface area contributed by atoms with Gasteiger partial charge < -0.3 is 9.84 Å². The molecule has 0 bridgehead atoms. The van der Waals surface area contributed by atoms with E-state index in [9.17, 15) is 5.11 Å². The molecule has 74 valence electrons. The van der Waals surface area contributed by atoms with Crippen LogP contribution < -0.4 is 0 Å². The fourth-order valence-electron chi connectivity index (χ4n) is 1.40. The molecular weight excluding hydrogens is 164 g/mol. The average Bonchev–Trinajstić information content (AvgIpc) is 2.09. The van der Waals surface area contributed by atoms with Crippen molar-refractivity contribution in [1.29, 1.82) is 0 Å². The first kappa shape index (κ1) is 10.5. The zero-order chi connectivity index (χ0) is 9.90. The number of allylic oxidation sites excluding steroid dienone is 1. The lowest BCUT2D eigenvalue weighted by Gasteiger charge is -2.26. The molecule has 0 radical (unpaired) electrons. The molecule has 0 aromatic carbocycles. The lowest BCUT2D eigenvalue weighted by atomic mass is 9.92. The summed E-state index contributed by atoms with van der Waals surface area (Å²) in [4.78, 5) is 0. The molecular formula is C11H18O2. The van der Waals surface area contributed by atoms with Gasteiger partial charge in [0.15, 0.2) is 0 Å². The van der Waals surface area contributed by atoms with Crippen LogP contribution in [0.1, 0.15) is 26.7 Å². The van der Waals surface area contributed by atoms with Crippen molar-refractivity contribution >= 4 is 0 Å². The van der Waals surface area contributed by atoms with Crippen LogP contribution in [0, 0.1) is 0 Å². The summed E-state index contributed by atoms with van der Waals surface area (Å²) in [6.45, 7) is 3.86. The van der Waals surface area contributed by atoms with Crippen LogP contribution in [0.2, 0.25) is 0 Å². The highest BCUT2D eigenvalue weighted by Gasteiger charge is 2.21. The van der Waals surface area contributed by atoms with E-state index >= 15 is 0 Å². The molecule has 1 aliphatic rings. The molecule has 1 aliphatic carbocycles. The number of ether oxygens (including phenoxy) is 1. The van der Waals surface area contributed by atoms with E-state index < -0.39 is 0 Å². The number of hydrogen-bond acceptors (Lipinski definition) is 2. The van der Waals surface area contributed by atoms with Gasteiger partial charge in [0, 0.05) is 7.11 Å². The third-order valence-corrected chi connectivity index (χ3v) is 2.42. The van der Waals surface area contributed by atoms with Gasteiger partial charge in [-0.15, -0.1) is 0 Å². The summed E-state index contributed by atoms with van der Waals surface area (Å²) in [6.07, 6.45) is 7.60. The maximum absolute atomic E-state index is 9.19. The highest BCUT2D eigenvalue weighted by Crippen LogP contribution is 2.25. The van der Waals surface area contributed by atoms with Crippen molar-refractivity contribution in [3.8, 4) is 0 Å². The molecule has 0 heterocycles. The maximum Gasteiger partial charge on any atom is 0.0868 e. The van der Waals surface area contributed by atoms with E-state index in [0.29, 0.717) is 0 Å². The molecule has 0 fully saturated rings. The van der Waals surface area contributed by atoms with Crippen LogP contribution in [0.25, 0.3) is 0 Å². The Balaban J connectivity index is 2.55. The number of hydrogen-bond donors (Lipinski definition) is 1. The zero-order valence-electron chi connectivity index (χ0n) is 8.58. The van der Waals surface area contributed by atoms with Gasteiger partial charge in [-0.1, -0.05) is 18.2 Å². The second-order valence-electron chi connectivity index (χ2n) is 3.89. The fraction of sp³-hybridized carbons (Fsp3) is 0.636. The minimum atomic E-state index is -0.261. The molecule has 1 N–H and O–H groups in total. The predicted molar refractivity (Wildman–Crippen MR) is 53.6 cm³/mol. The Kier molecular flexibility index (Phi) is 3.28. The van der Waals surface area contributed by atoms with Crippen LogP contribution in [0.3, 0.4) is 0 Å². The van der Waals surface area contributed by atoms with E-state index in [2.05, 4.69) is 19.1 Å². The van der Waals surface area contributed by atoms with Crippen molar-refractivity contribution in [2.24, 2.45) is 0 Å². The predicted octanol–water partition coefficient (Wildman–Crippen LogP) is 2.05. The van der Waals surface area contributed by atoms with E-state index in [1.807, 2.05) is 6.08 Å². The molecule has 0 aromatic rings. The molecule has 0 spiro atoms. The minimum Gasteiger partial charge on any atom is -0.393 e. The van der Waals surface area contributed by atoms with Gasteiger partial charge >= 0.3 is 0 Å². The molecule has 1 rings (SSSR count). The summed E-state index contributed by atoms with van der Waals surface area (Å²) in [5, 5.41) is 9.19. The van der Waals surface area contributed by atoms with Gasteiger partial charge in [-0.3, -0.25) is 0 Å². The summed E-state index contributed by atoms with van der Waals surface area (Å²) in [5.41, 5.74) is 1.05. The number of methoxy groups -OCH3 is 1. The highest BCUT2D eigenvalue weighted by atomic mass is 16.5. The molecule has 0 amide bonds. The lowest BCUT2D eigenvalue weighted by Crippen LogP contribution is -2.25. The number of aliphatic hydroxyl groups excluding tert-OH is 1. The molecule has 2 heteroatoms. The summed E-state index contributed by atoms with van der Waals surface area (Å²) in [5.74, 6) is 0. The topological polar surface area (TPSA) is 29.5 Å². The van der Waals surface area contributed by atoms with Gasteiger partial charge in [0.05, 0.1) is 11.7 Å². The lowest BCUT2D eigenvalue weighted by molar-refractivity contribution is 0.0499. The molecule has 0 aliphatic heterocycles. The van der Waals surface area contributed by atoms with Gasteiger partial charge in [0.25, 0.3) is 0 Å². The SMILES string of the molecule is COC1(C)C=CC(CC(C)O)=CC1. The van der Waals surface area contributed by atoms with Gasteiger partial charge in [-0.25, -0.2) is 0 Å². The van der Waals surface area contributed by atoms with E-state index in [1.54, 1.807) is 14.0 Å². The van der Waals surface area contributed by atoms with Gasteiger partial charge in [-0.2, -0.15) is 0 Å². The largest absolute Gasteiger partial charge is 0.393 e. The quantitative estimate of drug-likeness (QED) is 0.723. The first-order valence-electron chi connectivity index (χ1n) is 4.67. The first-order chi connectivity index (χ1) is 6.06. The Bertz CT molecular complexity index is 228. The van der Waals surface area contributed by atoms with Gasteiger partial charge in [0.2, 0.25) is 0 Å². The standard InChI is InChI=1S/C11H18O2/c1-9(12)8-10-4-6-11(2,13-3)7-5-10/h4-6,9,12H,7-8H2,1-3H3. The third kappa shape index (κ3) is 2.98. The van der Waals surface area contributed by atoms with E-state index in [1.165, 1.54) is 5.57 Å². The highest BCUT2D eigenvalue weighted by molar-refractivity contribution is 5.27. The molecule has 2 unspecified atom stereocenters. The van der Waals surface area contributed by atoms with Crippen LogP contribution in [-0.4, -0.2) is 23.9 Å². The second-order valence-corrected chi connectivity index (χ2v) is 3.89. The Morgan fingerprint density at radius 3 is 2.77 bits per heavy atom. The van der Waals surface area contributed by atoms with E-state index in [0.717, 1.165) is 12.8 Å². The Morgan fingerprint density at radius 1 is 1.69 bits per heavy atom. The number of rotatable bonds is 3. The van der Waals surface area contributed by atoms with Crippen molar-refractivity contribution < 1.29 is 9.84 Å². The second kappa shape index (κ2) is 4.07. The fourth-order valence-corrected chi connectivity index (χ4v) is 1.40. The van der Waals surface area contributed by atoms with E-state index in [-0.39, 0.29) is 11.7 Å². The van der Waals surface area contributed by atoms with Crippen molar-refractivity contribution in [2.75, 3.05) is 7.11 Å². The first-order valence-corrected chi connectivity index (χ1v) is 4.67. The van der Waals surface area contributed by atoms with Crippen molar-refractivity contribution in [1.82, 2.24) is 0 Å². The summed E-state index contributed by atoms with van der Waals surface area (Å²) in [6, 6.07) is 0. The van der Waals surface area contributed by atoms with Crippen molar-refractivity contribution in [3.05, 3.63) is 23.8 Å². The van der Waals surface area contributed by atoms with Crippen LogP contribution in [0.4, 0.5) is 0 Å². The van der Waals surface area contributed by atoms with Gasteiger partial charge in [0.1, 0.15) is 0 Å². The molecule has 2 nitrogen and oxygen atoms in total. The smallest absolute Gasteiger partial charge is 0.0868 e. The van der Waals surface area contributed by atoms with Gasteiger partial charge in [-0.05, 0) is 32.3 Å². The molecule has 2 atom stereocenters. The Hall–Kier alpha value is -0.600. The Labute approximate surface area is 79.9 Å². The van der Waals surface area contributed by atoms with Crippen LogP contribution in [0.5, 0.6) is 0 Å². The molecule has 0 aromatic heterocycles. The zero-order valence-corrected chi connectivity index (χ0v) is 8.58. The van der Waals surface area contributed by atoms with Crippen molar-refractivity contribution in [3.63, 3.8) is 0 Å². The Morgan fingerprint density at radius 2 is 2.38 bits per heavy atom. The van der Waals surface area contributed by atoms with Crippen LogP contribution in [0.15, 0.2) is 23.8 Å². The normalized spacial score (nSPS) is 30.0. The monoisotopic (exact) mass is 182 g/mol. The van der Waals surface area contributed by atoms with Crippen LogP contribution in [-0.2, 0) is 4.74 Å². The summed E-state index contributed by atoms with van der Waals surface area (Å²) >= 11 is 0. The molecule has 0 saturated heterocycles. The molecule has 13 heavy (non-hydrogen) atoms. The average molecular weight is 182 g/mol. The minimum absolute atomic E-state index is 0.151. The number of aliphatic hydroxyl groups is 1. The maximum atomic E-state index is 9.19.